The molecule has 0 aliphatic carbocycles. The SMILES string of the molecule is COc1cc(C(=O)N2CCOC(COCc3ccccc3)C2)cc(OC)c1C. The third kappa shape index (κ3) is 4.82. The van der Waals surface area contributed by atoms with E-state index >= 15 is 0 Å². The van der Waals surface area contributed by atoms with Gasteiger partial charge in [-0.2, -0.15) is 0 Å². The minimum Gasteiger partial charge on any atom is -0.496 e. The van der Waals surface area contributed by atoms with Crippen molar-refractivity contribution in [1.29, 1.82) is 0 Å². The molecule has 6 nitrogen and oxygen atoms in total. The zero-order valence-electron chi connectivity index (χ0n) is 16.6. The summed E-state index contributed by atoms with van der Waals surface area (Å²) in [6.45, 7) is 4.41. The zero-order chi connectivity index (χ0) is 19.9. The van der Waals surface area contributed by atoms with Gasteiger partial charge in [-0.25, -0.2) is 0 Å². The van der Waals surface area contributed by atoms with Gasteiger partial charge < -0.3 is 23.8 Å². The number of methoxy groups -OCH3 is 2. The number of carbonyl (C=O) groups is 1. The molecule has 1 amide bonds. The molecule has 1 heterocycles. The lowest BCUT2D eigenvalue weighted by Crippen LogP contribution is -2.47. The van der Waals surface area contributed by atoms with E-state index in [0.717, 1.165) is 11.1 Å². The molecule has 0 aromatic heterocycles. The van der Waals surface area contributed by atoms with Gasteiger partial charge in [0, 0.05) is 24.2 Å². The molecule has 6 heteroatoms. The summed E-state index contributed by atoms with van der Waals surface area (Å²) >= 11 is 0. The predicted octanol–water partition coefficient (Wildman–Crippen LogP) is 3.07. The van der Waals surface area contributed by atoms with Crippen LogP contribution in [0.2, 0.25) is 0 Å². The number of hydrogen-bond acceptors (Lipinski definition) is 5. The van der Waals surface area contributed by atoms with E-state index in [1.54, 1.807) is 31.3 Å². The normalized spacial score (nSPS) is 16.7. The zero-order valence-corrected chi connectivity index (χ0v) is 16.6. The third-order valence-electron chi connectivity index (χ3n) is 4.84. The molecule has 1 aliphatic rings. The van der Waals surface area contributed by atoms with Gasteiger partial charge in [0.15, 0.2) is 0 Å². The van der Waals surface area contributed by atoms with Crippen molar-refractivity contribution in [2.75, 3.05) is 40.5 Å². The average molecular weight is 385 g/mol. The second-order valence-electron chi connectivity index (χ2n) is 6.75. The molecule has 1 aliphatic heterocycles. The first-order valence-electron chi connectivity index (χ1n) is 9.37. The van der Waals surface area contributed by atoms with Crippen molar-refractivity contribution < 1.29 is 23.7 Å². The highest BCUT2D eigenvalue weighted by Crippen LogP contribution is 2.30. The molecule has 3 rings (SSSR count). The number of nitrogens with zero attached hydrogens (tertiary/aromatic N) is 1. The second kappa shape index (κ2) is 9.57. The summed E-state index contributed by atoms with van der Waals surface area (Å²) in [7, 11) is 3.18. The predicted molar refractivity (Wildman–Crippen MR) is 106 cm³/mol. The van der Waals surface area contributed by atoms with Crippen LogP contribution in [-0.2, 0) is 16.1 Å². The number of rotatable bonds is 7. The van der Waals surface area contributed by atoms with Crippen molar-refractivity contribution in [2.45, 2.75) is 19.6 Å². The Labute approximate surface area is 166 Å². The fraction of sp³-hybridized carbons (Fsp3) is 0.409. The number of carbonyl (C=O) groups excluding carboxylic acids is 1. The van der Waals surface area contributed by atoms with E-state index in [-0.39, 0.29) is 12.0 Å². The molecule has 0 bridgehead atoms. The molecule has 2 aromatic rings. The Morgan fingerprint density at radius 3 is 2.46 bits per heavy atom. The summed E-state index contributed by atoms with van der Waals surface area (Å²) < 4.78 is 22.3. The maximum atomic E-state index is 13.0. The third-order valence-corrected chi connectivity index (χ3v) is 4.84. The van der Waals surface area contributed by atoms with Gasteiger partial charge in [-0.3, -0.25) is 4.79 Å². The van der Waals surface area contributed by atoms with Crippen LogP contribution in [0.25, 0.3) is 0 Å². The summed E-state index contributed by atoms with van der Waals surface area (Å²) in [5, 5.41) is 0. The van der Waals surface area contributed by atoms with E-state index in [9.17, 15) is 4.79 Å². The van der Waals surface area contributed by atoms with Crippen molar-refractivity contribution >= 4 is 5.91 Å². The number of morpholine rings is 1. The van der Waals surface area contributed by atoms with Crippen molar-refractivity contribution in [3.05, 3.63) is 59.2 Å². The van der Waals surface area contributed by atoms with Crippen LogP contribution < -0.4 is 9.47 Å². The van der Waals surface area contributed by atoms with Crippen LogP contribution in [0.3, 0.4) is 0 Å². The molecule has 0 saturated carbocycles. The summed E-state index contributed by atoms with van der Waals surface area (Å²) in [5.41, 5.74) is 2.53. The molecule has 0 spiro atoms. The lowest BCUT2D eigenvalue weighted by molar-refractivity contribution is -0.0647. The fourth-order valence-electron chi connectivity index (χ4n) is 3.28. The molecule has 1 saturated heterocycles. The summed E-state index contributed by atoms with van der Waals surface area (Å²) in [4.78, 5) is 14.8. The Morgan fingerprint density at radius 2 is 1.82 bits per heavy atom. The van der Waals surface area contributed by atoms with Crippen LogP contribution in [0.4, 0.5) is 0 Å². The highest BCUT2D eigenvalue weighted by atomic mass is 16.5. The first-order valence-corrected chi connectivity index (χ1v) is 9.37. The molecule has 0 radical (unpaired) electrons. The molecule has 1 fully saturated rings. The van der Waals surface area contributed by atoms with E-state index in [2.05, 4.69) is 0 Å². The van der Waals surface area contributed by atoms with Crippen LogP contribution in [0.1, 0.15) is 21.5 Å². The standard InChI is InChI=1S/C22H27NO5/c1-16-20(25-2)11-18(12-21(16)26-3)22(24)23-9-10-28-19(13-23)15-27-14-17-7-5-4-6-8-17/h4-8,11-12,19H,9-10,13-15H2,1-3H3. The van der Waals surface area contributed by atoms with Gasteiger partial charge in [0.1, 0.15) is 11.5 Å². The van der Waals surface area contributed by atoms with Crippen molar-refractivity contribution in [1.82, 2.24) is 4.90 Å². The van der Waals surface area contributed by atoms with Crippen molar-refractivity contribution in [3.63, 3.8) is 0 Å². The second-order valence-corrected chi connectivity index (χ2v) is 6.75. The minimum atomic E-state index is -0.143. The van der Waals surface area contributed by atoms with Gasteiger partial charge in [0.2, 0.25) is 0 Å². The number of benzene rings is 2. The Hall–Kier alpha value is -2.57. The molecule has 0 N–H and O–H groups in total. The van der Waals surface area contributed by atoms with E-state index in [0.29, 0.717) is 50.0 Å². The number of amides is 1. The Balaban J connectivity index is 1.61. The fourth-order valence-corrected chi connectivity index (χ4v) is 3.28. The lowest BCUT2D eigenvalue weighted by Gasteiger charge is -2.33. The first-order chi connectivity index (χ1) is 13.6. The van der Waals surface area contributed by atoms with Crippen LogP contribution >= 0.6 is 0 Å². The molecule has 1 atom stereocenters. The molecular weight excluding hydrogens is 358 g/mol. The maximum absolute atomic E-state index is 13.0. The van der Waals surface area contributed by atoms with E-state index < -0.39 is 0 Å². The van der Waals surface area contributed by atoms with Gasteiger partial charge in [0.25, 0.3) is 5.91 Å². The summed E-state index contributed by atoms with van der Waals surface area (Å²) in [6, 6.07) is 13.5. The molecule has 2 aromatic carbocycles. The Bertz CT molecular complexity index is 768. The van der Waals surface area contributed by atoms with Gasteiger partial charge in [-0.1, -0.05) is 30.3 Å². The van der Waals surface area contributed by atoms with Gasteiger partial charge in [-0.05, 0) is 24.6 Å². The monoisotopic (exact) mass is 385 g/mol. The quantitative estimate of drug-likeness (QED) is 0.733. The summed E-state index contributed by atoms with van der Waals surface area (Å²) in [6.07, 6.45) is -0.143. The van der Waals surface area contributed by atoms with Crippen LogP contribution in [-0.4, -0.2) is 57.4 Å². The molecule has 1 unspecified atom stereocenters. The van der Waals surface area contributed by atoms with E-state index in [1.165, 1.54) is 0 Å². The van der Waals surface area contributed by atoms with Crippen LogP contribution in [0.5, 0.6) is 11.5 Å². The minimum absolute atomic E-state index is 0.0621. The highest BCUT2D eigenvalue weighted by Gasteiger charge is 2.26. The first kappa shape index (κ1) is 20.2. The van der Waals surface area contributed by atoms with Gasteiger partial charge in [0.05, 0.1) is 40.1 Å². The highest BCUT2D eigenvalue weighted by molar-refractivity contribution is 5.95. The summed E-state index contributed by atoms with van der Waals surface area (Å²) in [5.74, 6) is 1.21. The smallest absolute Gasteiger partial charge is 0.254 e. The van der Waals surface area contributed by atoms with Gasteiger partial charge in [-0.15, -0.1) is 0 Å². The largest absolute Gasteiger partial charge is 0.496 e. The molecule has 28 heavy (non-hydrogen) atoms. The van der Waals surface area contributed by atoms with Gasteiger partial charge >= 0.3 is 0 Å². The van der Waals surface area contributed by atoms with E-state index in [4.69, 9.17) is 18.9 Å². The van der Waals surface area contributed by atoms with Crippen LogP contribution in [0, 0.1) is 6.92 Å². The molecular formula is C22H27NO5. The van der Waals surface area contributed by atoms with Crippen molar-refractivity contribution in [3.8, 4) is 11.5 Å². The lowest BCUT2D eigenvalue weighted by atomic mass is 10.1. The Kier molecular flexibility index (Phi) is 6.90. The average Bonchev–Trinajstić information content (AvgIpc) is 2.74. The Morgan fingerprint density at radius 1 is 1.14 bits per heavy atom. The number of ether oxygens (including phenoxy) is 4. The number of hydrogen-bond donors (Lipinski definition) is 0. The van der Waals surface area contributed by atoms with Crippen molar-refractivity contribution in [2.24, 2.45) is 0 Å². The topological polar surface area (TPSA) is 57.2 Å². The molecule has 150 valence electrons. The maximum Gasteiger partial charge on any atom is 0.254 e. The van der Waals surface area contributed by atoms with E-state index in [1.807, 2.05) is 37.3 Å². The van der Waals surface area contributed by atoms with Crippen LogP contribution in [0.15, 0.2) is 42.5 Å².